The van der Waals surface area contributed by atoms with Gasteiger partial charge in [-0.2, -0.15) is 0 Å². The van der Waals surface area contributed by atoms with Crippen molar-refractivity contribution >= 4 is 16.7 Å². The summed E-state index contributed by atoms with van der Waals surface area (Å²) in [5.74, 6) is 0.686. The van der Waals surface area contributed by atoms with Crippen LogP contribution < -0.4 is 10.1 Å². The Morgan fingerprint density at radius 1 is 1.00 bits per heavy atom. The fraction of sp³-hybridized carbons (Fsp3) is 0.292. The van der Waals surface area contributed by atoms with Crippen LogP contribution in [-0.4, -0.2) is 18.6 Å². The minimum absolute atomic E-state index is 0.0464. The molecule has 0 radical (unpaired) electrons. The lowest BCUT2D eigenvalue weighted by Crippen LogP contribution is -2.38. The summed E-state index contributed by atoms with van der Waals surface area (Å²) in [6.07, 6.45) is 2.05. The molecule has 0 saturated heterocycles. The Kier molecular flexibility index (Phi) is 6.48. The first kappa shape index (κ1) is 19.0. The summed E-state index contributed by atoms with van der Waals surface area (Å²) in [4.78, 5) is 12.5. The third-order valence-electron chi connectivity index (χ3n) is 4.69. The Morgan fingerprint density at radius 2 is 1.81 bits per heavy atom. The van der Waals surface area contributed by atoms with Gasteiger partial charge < -0.3 is 10.1 Å². The van der Waals surface area contributed by atoms with Crippen molar-refractivity contribution in [3.05, 3.63) is 77.9 Å². The first-order valence-corrected chi connectivity index (χ1v) is 9.64. The molecule has 3 nitrogen and oxygen atoms in total. The van der Waals surface area contributed by atoms with Crippen LogP contribution >= 0.6 is 0 Å². The maximum absolute atomic E-state index is 12.5. The number of aryl methyl sites for hydroxylation is 2. The van der Waals surface area contributed by atoms with Gasteiger partial charge in [0.2, 0.25) is 0 Å². The number of hydrogen-bond acceptors (Lipinski definition) is 2. The second-order valence-electron chi connectivity index (χ2n) is 6.91. The van der Waals surface area contributed by atoms with Crippen molar-refractivity contribution in [2.75, 3.05) is 6.54 Å². The maximum Gasteiger partial charge on any atom is 0.261 e. The van der Waals surface area contributed by atoms with Gasteiger partial charge in [-0.1, -0.05) is 67.1 Å². The quantitative estimate of drug-likeness (QED) is 0.570. The molecule has 27 heavy (non-hydrogen) atoms. The van der Waals surface area contributed by atoms with Crippen LogP contribution in [-0.2, 0) is 11.2 Å². The molecule has 1 unspecified atom stereocenters. The van der Waals surface area contributed by atoms with Gasteiger partial charge in [-0.25, -0.2) is 0 Å². The predicted molar refractivity (Wildman–Crippen MR) is 111 cm³/mol. The molecule has 1 N–H and O–H groups in total. The van der Waals surface area contributed by atoms with E-state index in [1.165, 1.54) is 16.5 Å². The van der Waals surface area contributed by atoms with Crippen LogP contribution in [0.3, 0.4) is 0 Å². The van der Waals surface area contributed by atoms with Gasteiger partial charge >= 0.3 is 0 Å². The van der Waals surface area contributed by atoms with E-state index in [4.69, 9.17) is 4.74 Å². The number of nitrogens with one attached hydrogen (secondary N) is 1. The molecule has 3 aromatic carbocycles. The minimum Gasteiger partial charge on any atom is -0.481 e. The normalized spacial score (nSPS) is 11.9. The molecular weight excluding hydrogens is 334 g/mol. The van der Waals surface area contributed by atoms with E-state index in [1.54, 1.807) is 0 Å². The summed E-state index contributed by atoms with van der Waals surface area (Å²) < 4.78 is 5.95. The molecule has 0 aliphatic carbocycles. The molecule has 1 amide bonds. The highest BCUT2D eigenvalue weighted by Gasteiger charge is 2.17. The summed E-state index contributed by atoms with van der Waals surface area (Å²) in [5, 5.41) is 5.29. The van der Waals surface area contributed by atoms with E-state index in [-0.39, 0.29) is 5.91 Å². The first-order valence-electron chi connectivity index (χ1n) is 9.64. The molecule has 0 aliphatic heterocycles. The molecule has 0 spiro atoms. The zero-order chi connectivity index (χ0) is 19.1. The van der Waals surface area contributed by atoms with Crippen LogP contribution in [0.4, 0.5) is 0 Å². The Labute approximate surface area is 161 Å². The van der Waals surface area contributed by atoms with Crippen molar-refractivity contribution in [2.24, 2.45) is 0 Å². The standard InChI is InChI=1S/C24H27NO2/c1-3-23(27-22-14-13-20-11-4-5-12-21(20)17-22)24(26)25-15-7-10-19-9-6-8-18(2)16-19/h4-6,8-9,11-14,16-17,23H,3,7,10,15H2,1-2H3,(H,25,26). The van der Waals surface area contributed by atoms with Crippen LogP contribution in [0, 0.1) is 6.92 Å². The Bertz CT molecular complexity index is 904. The highest BCUT2D eigenvalue weighted by molar-refractivity contribution is 5.84. The number of amides is 1. The molecule has 0 bridgehead atoms. The molecule has 0 aromatic heterocycles. The van der Waals surface area contributed by atoms with E-state index in [2.05, 4.69) is 48.6 Å². The molecule has 3 rings (SSSR count). The van der Waals surface area contributed by atoms with Crippen LogP contribution in [0.15, 0.2) is 66.7 Å². The van der Waals surface area contributed by atoms with Gasteiger partial charge in [0.25, 0.3) is 5.91 Å². The smallest absolute Gasteiger partial charge is 0.261 e. The highest BCUT2D eigenvalue weighted by Crippen LogP contribution is 2.22. The summed E-state index contributed by atoms with van der Waals surface area (Å²) >= 11 is 0. The topological polar surface area (TPSA) is 38.3 Å². The summed E-state index contributed by atoms with van der Waals surface area (Å²) in [6, 6.07) is 22.6. The number of carbonyl (C=O) groups excluding carboxylic acids is 1. The molecule has 0 fully saturated rings. The van der Waals surface area contributed by atoms with E-state index < -0.39 is 6.10 Å². The van der Waals surface area contributed by atoms with Gasteiger partial charge in [0, 0.05) is 6.54 Å². The SMILES string of the molecule is CCC(Oc1ccc2ccccc2c1)C(=O)NCCCc1cccc(C)c1. The van der Waals surface area contributed by atoms with Crippen LogP contribution in [0.1, 0.15) is 30.9 Å². The van der Waals surface area contributed by atoms with Gasteiger partial charge in [-0.3, -0.25) is 4.79 Å². The fourth-order valence-corrected chi connectivity index (χ4v) is 3.21. The first-order chi connectivity index (χ1) is 13.2. The van der Waals surface area contributed by atoms with Crippen molar-refractivity contribution in [1.82, 2.24) is 5.32 Å². The largest absolute Gasteiger partial charge is 0.481 e. The molecule has 3 heteroatoms. The lowest BCUT2D eigenvalue weighted by atomic mass is 10.1. The van der Waals surface area contributed by atoms with E-state index in [0.717, 1.165) is 24.0 Å². The Balaban J connectivity index is 1.50. The third kappa shape index (κ3) is 5.33. The number of hydrogen-bond donors (Lipinski definition) is 1. The summed E-state index contributed by atoms with van der Waals surface area (Å²) in [5.41, 5.74) is 2.58. The van der Waals surface area contributed by atoms with Gasteiger partial charge in [0.15, 0.2) is 6.10 Å². The summed E-state index contributed by atoms with van der Waals surface area (Å²) in [7, 11) is 0. The molecule has 0 saturated carbocycles. The van der Waals surface area contributed by atoms with Crippen LogP contribution in [0.2, 0.25) is 0 Å². The van der Waals surface area contributed by atoms with Crippen molar-refractivity contribution in [1.29, 1.82) is 0 Å². The monoisotopic (exact) mass is 361 g/mol. The fourth-order valence-electron chi connectivity index (χ4n) is 3.21. The zero-order valence-corrected chi connectivity index (χ0v) is 16.1. The Morgan fingerprint density at radius 3 is 2.59 bits per heavy atom. The van der Waals surface area contributed by atoms with Crippen LogP contribution in [0.5, 0.6) is 5.75 Å². The highest BCUT2D eigenvalue weighted by atomic mass is 16.5. The number of ether oxygens (including phenoxy) is 1. The third-order valence-corrected chi connectivity index (χ3v) is 4.69. The lowest BCUT2D eigenvalue weighted by molar-refractivity contribution is -0.128. The zero-order valence-electron chi connectivity index (χ0n) is 16.1. The van der Waals surface area contributed by atoms with E-state index >= 15 is 0 Å². The van der Waals surface area contributed by atoms with Crippen molar-refractivity contribution in [3.63, 3.8) is 0 Å². The van der Waals surface area contributed by atoms with Crippen molar-refractivity contribution < 1.29 is 9.53 Å². The van der Waals surface area contributed by atoms with Crippen molar-refractivity contribution in [3.8, 4) is 5.75 Å². The van der Waals surface area contributed by atoms with Gasteiger partial charge in [-0.05, 0) is 54.7 Å². The van der Waals surface area contributed by atoms with Crippen LogP contribution in [0.25, 0.3) is 10.8 Å². The van der Waals surface area contributed by atoms with Gasteiger partial charge in [0.1, 0.15) is 5.75 Å². The van der Waals surface area contributed by atoms with Gasteiger partial charge in [0.05, 0.1) is 0 Å². The molecule has 0 heterocycles. The van der Waals surface area contributed by atoms with E-state index in [9.17, 15) is 4.79 Å². The minimum atomic E-state index is -0.467. The molecule has 1 atom stereocenters. The van der Waals surface area contributed by atoms with Gasteiger partial charge in [-0.15, -0.1) is 0 Å². The molecule has 140 valence electrons. The molecule has 0 aliphatic rings. The number of fused-ring (bicyclic) bond motifs is 1. The number of benzene rings is 3. The second-order valence-corrected chi connectivity index (χ2v) is 6.91. The van der Waals surface area contributed by atoms with E-state index in [0.29, 0.717) is 13.0 Å². The molecule has 3 aromatic rings. The summed E-state index contributed by atoms with van der Waals surface area (Å²) in [6.45, 7) is 4.73. The maximum atomic E-state index is 12.5. The average Bonchev–Trinajstić information content (AvgIpc) is 2.69. The Hall–Kier alpha value is -2.81. The second kappa shape index (κ2) is 9.22. The molecular formula is C24H27NO2. The van der Waals surface area contributed by atoms with E-state index in [1.807, 2.05) is 37.3 Å². The lowest BCUT2D eigenvalue weighted by Gasteiger charge is -2.17. The number of carbonyl (C=O) groups is 1. The number of rotatable bonds is 8. The van der Waals surface area contributed by atoms with Crippen molar-refractivity contribution in [2.45, 2.75) is 39.2 Å². The average molecular weight is 361 g/mol. The predicted octanol–water partition coefficient (Wildman–Crippen LogP) is 5.05.